The third-order valence-electron chi connectivity index (χ3n) is 1.99. The number of fused-ring (bicyclic) bond motifs is 1. The highest BCUT2D eigenvalue weighted by molar-refractivity contribution is 7.99. The van der Waals surface area contributed by atoms with Crippen molar-refractivity contribution in [1.29, 1.82) is 0 Å². The lowest BCUT2D eigenvalue weighted by Gasteiger charge is -1.99. The Labute approximate surface area is 96.6 Å². The fraction of sp³-hybridized carbons (Fsp3) is 0.200. The van der Waals surface area contributed by atoms with E-state index in [1.54, 1.807) is 23.1 Å². The van der Waals surface area contributed by atoms with Crippen LogP contribution in [0.25, 0.3) is 10.1 Å². The average Bonchev–Trinajstić information content (AvgIpc) is 2.59. The number of aliphatic hydroxyl groups excluding tert-OH is 1. The highest BCUT2D eigenvalue weighted by atomic mass is 32.2. The number of thioether (sulfide) groups is 1. The second kappa shape index (κ2) is 4.14. The van der Waals surface area contributed by atoms with Crippen molar-refractivity contribution in [2.45, 2.75) is 16.4 Å². The second-order valence-corrected chi connectivity index (χ2v) is 5.44. The largest absolute Gasteiger partial charge is 0.391 e. The lowest BCUT2D eigenvalue weighted by Crippen LogP contribution is -1.72. The predicted octanol–water partition coefficient (Wildman–Crippen LogP) is 3.40. The molecule has 0 unspecified atom stereocenters. The van der Waals surface area contributed by atoms with Gasteiger partial charge in [0.15, 0.2) is 0 Å². The van der Waals surface area contributed by atoms with Gasteiger partial charge in [-0.1, -0.05) is 0 Å². The van der Waals surface area contributed by atoms with Crippen LogP contribution in [-0.4, -0.2) is 11.4 Å². The minimum Gasteiger partial charge on any atom is -0.391 e. The van der Waals surface area contributed by atoms with Gasteiger partial charge in [-0.05, 0) is 29.8 Å². The molecule has 2 rings (SSSR count). The highest BCUT2D eigenvalue weighted by Crippen LogP contribution is 2.35. The molecule has 0 fully saturated rings. The number of hydrogen-bond donors (Lipinski definition) is 2. The van der Waals surface area contributed by atoms with Crippen molar-refractivity contribution in [1.82, 2.24) is 0 Å². The molecule has 2 aromatic rings. The van der Waals surface area contributed by atoms with Gasteiger partial charge in [-0.3, -0.25) is 0 Å². The van der Waals surface area contributed by atoms with E-state index in [0.717, 1.165) is 9.77 Å². The van der Waals surface area contributed by atoms with Crippen LogP contribution in [0.2, 0.25) is 0 Å². The van der Waals surface area contributed by atoms with Gasteiger partial charge in [0, 0.05) is 19.4 Å². The zero-order valence-corrected chi connectivity index (χ0v) is 10.2. The van der Waals surface area contributed by atoms with E-state index < -0.39 is 0 Å². The number of rotatable bonds is 2. The summed E-state index contributed by atoms with van der Waals surface area (Å²) in [6.45, 7) is 0.120. The molecule has 1 aromatic heterocycles. The van der Waals surface area contributed by atoms with E-state index in [1.165, 1.54) is 15.0 Å². The van der Waals surface area contributed by atoms with Crippen molar-refractivity contribution in [3.63, 3.8) is 0 Å². The van der Waals surface area contributed by atoms with Crippen molar-refractivity contribution in [2.24, 2.45) is 0 Å². The summed E-state index contributed by atoms with van der Waals surface area (Å²) in [7, 11) is 0. The summed E-state index contributed by atoms with van der Waals surface area (Å²) in [6.07, 6.45) is 2.06. The molecule has 14 heavy (non-hydrogen) atoms. The molecule has 0 spiro atoms. The molecule has 0 amide bonds. The standard InChI is InChI=1S/C10H10OS3/c1-13-9-4-7(12)2-6-3-8(5-11)14-10(6)9/h2-4,11-12H,5H2,1H3. The van der Waals surface area contributed by atoms with Crippen molar-refractivity contribution < 1.29 is 5.11 Å². The van der Waals surface area contributed by atoms with Crippen molar-refractivity contribution >= 4 is 45.8 Å². The van der Waals surface area contributed by atoms with Crippen LogP contribution in [0.1, 0.15) is 4.88 Å². The Hall–Kier alpha value is -0.160. The van der Waals surface area contributed by atoms with Crippen molar-refractivity contribution in [3.05, 3.63) is 23.1 Å². The lowest BCUT2D eigenvalue weighted by atomic mass is 10.2. The minimum atomic E-state index is 0.120. The number of hydrogen-bond acceptors (Lipinski definition) is 4. The Morgan fingerprint density at radius 1 is 1.43 bits per heavy atom. The van der Waals surface area contributed by atoms with Gasteiger partial charge in [0.05, 0.1) is 6.61 Å². The molecule has 1 heterocycles. The van der Waals surface area contributed by atoms with Gasteiger partial charge in [0.1, 0.15) is 0 Å². The Kier molecular flexibility index (Phi) is 3.07. The van der Waals surface area contributed by atoms with Crippen molar-refractivity contribution in [2.75, 3.05) is 6.26 Å². The van der Waals surface area contributed by atoms with Crippen LogP contribution in [0.4, 0.5) is 0 Å². The molecule has 1 aromatic carbocycles. The Balaban J connectivity index is 2.71. The smallest absolute Gasteiger partial charge is 0.0774 e. The average molecular weight is 242 g/mol. The van der Waals surface area contributed by atoms with E-state index in [4.69, 9.17) is 5.11 Å². The van der Waals surface area contributed by atoms with Crippen molar-refractivity contribution in [3.8, 4) is 0 Å². The molecule has 0 aliphatic rings. The Morgan fingerprint density at radius 2 is 2.21 bits per heavy atom. The topological polar surface area (TPSA) is 20.2 Å². The number of benzene rings is 1. The van der Waals surface area contributed by atoms with Crippen LogP contribution < -0.4 is 0 Å². The first-order valence-electron chi connectivity index (χ1n) is 4.15. The maximum absolute atomic E-state index is 9.06. The van der Waals surface area contributed by atoms with Crippen LogP contribution in [-0.2, 0) is 6.61 Å². The molecular formula is C10H10OS3. The first-order chi connectivity index (χ1) is 6.74. The molecule has 74 valence electrons. The summed E-state index contributed by atoms with van der Waals surface area (Å²) in [5, 5.41) is 10.2. The van der Waals surface area contributed by atoms with Crippen LogP contribution in [0.5, 0.6) is 0 Å². The van der Waals surface area contributed by atoms with E-state index in [1.807, 2.05) is 12.1 Å². The lowest BCUT2D eigenvalue weighted by molar-refractivity contribution is 0.285. The number of aliphatic hydroxyl groups is 1. The first kappa shape index (κ1) is 10.4. The third-order valence-corrected chi connectivity index (χ3v) is 4.31. The quantitative estimate of drug-likeness (QED) is 0.622. The molecule has 0 aliphatic heterocycles. The summed E-state index contributed by atoms with van der Waals surface area (Å²) in [6, 6.07) is 6.13. The van der Waals surface area contributed by atoms with Gasteiger partial charge in [0.2, 0.25) is 0 Å². The zero-order chi connectivity index (χ0) is 10.1. The normalized spacial score (nSPS) is 11.1. The Morgan fingerprint density at radius 3 is 2.86 bits per heavy atom. The van der Waals surface area contributed by atoms with Gasteiger partial charge in [0.25, 0.3) is 0 Å². The molecule has 0 saturated carbocycles. The summed E-state index contributed by atoms with van der Waals surface area (Å²) in [5.74, 6) is 0. The molecule has 0 saturated heterocycles. The van der Waals surface area contributed by atoms with Crippen LogP contribution in [0.3, 0.4) is 0 Å². The van der Waals surface area contributed by atoms with Crippen LogP contribution in [0, 0.1) is 0 Å². The monoisotopic (exact) mass is 242 g/mol. The molecule has 1 nitrogen and oxygen atoms in total. The SMILES string of the molecule is CSc1cc(S)cc2cc(CO)sc12. The Bertz CT molecular complexity index is 462. The van der Waals surface area contributed by atoms with Crippen LogP contribution in [0.15, 0.2) is 28.0 Å². The van der Waals surface area contributed by atoms with Crippen LogP contribution >= 0.6 is 35.7 Å². The van der Waals surface area contributed by atoms with Gasteiger partial charge in [-0.2, -0.15) is 0 Å². The molecule has 0 atom stereocenters. The molecule has 4 heteroatoms. The molecule has 1 N–H and O–H groups in total. The molecule has 0 bridgehead atoms. The van der Waals surface area contributed by atoms with Gasteiger partial charge in [-0.25, -0.2) is 0 Å². The fourth-order valence-electron chi connectivity index (χ4n) is 1.39. The molecular weight excluding hydrogens is 232 g/mol. The second-order valence-electron chi connectivity index (χ2n) is 2.94. The summed E-state index contributed by atoms with van der Waals surface area (Å²) in [5.41, 5.74) is 0. The highest BCUT2D eigenvalue weighted by Gasteiger charge is 2.06. The van der Waals surface area contributed by atoms with Gasteiger partial charge in [-0.15, -0.1) is 35.7 Å². The number of thiophene rings is 1. The van der Waals surface area contributed by atoms with E-state index in [0.29, 0.717) is 0 Å². The maximum Gasteiger partial charge on any atom is 0.0774 e. The molecule has 0 aliphatic carbocycles. The van der Waals surface area contributed by atoms with Gasteiger partial charge < -0.3 is 5.11 Å². The zero-order valence-electron chi connectivity index (χ0n) is 7.65. The molecule has 0 radical (unpaired) electrons. The summed E-state index contributed by atoms with van der Waals surface area (Å²) in [4.78, 5) is 3.22. The third kappa shape index (κ3) is 1.80. The maximum atomic E-state index is 9.06. The van der Waals surface area contributed by atoms with E-state index in [9.17, 15) is 0 Å². The van der Waals surface area contributed by atoms with E-state index in [-0.39, 0.29) is 6.61 Å². The van der Waals surface area contributed by atoms with E-state index >= 15 is 0 Å². The summed E-state index contributed by atoms with van der Waals surface area (Å²) < 4.78 is 1.25. The number of thiol groups is 1. The predicted molar refractivity (Wildman–Crippen MR) is 66.8 cm³/mol. The van der Waals surface area contributed by atoms with Gasteiger partial charge >= 0.3 is 0 Å². The fourth-order valence-corrected chi connectivity index (χ4v) is 3.58. The summed E-state index contributed by atoms with van der Waals surface area (Å²) >= 11 is 7.72. The first-order valence-corrected chi connectivity index (χ1v) is 6.63. The minimum absolute atomic E-state index is 0.120. The van der Waals surface area contributed by atoms with E-state index in [2.05, 4.69) is 25.0 Å².